The maximum atomic E-state index is 5.66. The number of rotatable bonds is 4. The number of nitrogens with one attached hydrogen (secondary N) is 1. The van der Waals surface area contributed by atoms with Crippen molar-refractivity contribution in [3.63, 3.8) is 0 Å². The van der Waals surface area contributed by atoms with Crippen molar-refractivity contribution in [2.45, 2.75) is 45.2 Å². The molecule has 5 heteroatoms. The molecule has 4 rings (SSSR count). The average Bonchev–Trinajstić information content (AvgIpc) is 3.02. The van der Waals surface area contributed by atoms with Crippen LogP contribution in [0.2, 0.25) is 0 Å². The Morgan fingerprint density at radius 3 is 2.87 bits per heavy atom. The average molecular weight is 314 g/mol. The topological polar surface area (TPSA) is 56.5 Å². The molecule has 2 aliphatic rings. The zero-order valence-corrected chi connectivity index (χ0v) is 13.4. The van der Waals surface area contributed by atoms with Crippen LogP contribution < -0.4 is 14.8 Å². The van der Waals surface area contributed by atoms with E-state index in [0.717, 1.165) is 42.3 Å². The number of aryl methyl sites for hydroxylation is 1. The maximum absolute atomic E-state index is 5.66. The lowest BCUT2D eigenvalue weighted by molar-refractivity contribution is 0.171. The molecule has 1 atom stereocenters. The van der Waals surface area contributed by atoms with Gasteiger partial charge in [0, 0.05) is 24.6 Å². The van der Waals surface area contributed by atoms with E-state index in [4.69, 9.17) is 14.0 Å². The Morgan fingerprint density at radius 2 is 1.96 bits per heavy atom. The summed E-state index contributed by atoms with van der Waals surface area (Å²) in [5.74, 6) is 2.75. The molecule has 0 radical (unpaired) electrons. The van der Waals surface area contributed by atoms with Crippen LogP contribution >= 0.6 is 0 Å². The molecule has 1 aliphatic carbocycles. The van der Waals surface area contributed by atoms with Crippen LogP contribution in [0, 0.1) is 0 Å². The molecule has 0 amide bonds. The molecule has 1 aromatic carbocycles. The molecule has 2 heterocycles. The quantitative estimate of drug-likeness (QED) is 0.939. The molecule has 2 aromatic rings. The van der Waals surface area contributed by atoms with Gasteiger partial charge in [0.05, 0.1) is 0 Å². The molecule has 5 nitrogen and oxygen atoms in total. The third kappa shape index (κ3) is 2.93. The molecule has 23 heavy (non-hydrogen) atoms. The Labute approximate surface area is 136 Å². The smallest absolute Gasteiger partial charge is 0.161 e. The van der Waals surface area contributed by atoms with Crippen LogP contribution in [0.3, 0.4) is 0 Å². The molecule has 0 bridgehead atoms. The first-order valence-corrected chi connectivity index (χ1v) is 8.40. The SMILES string of the molecule is C[C@H](NCc1noc2c1CCCC2)c1ccc2c(c1)OCCO2. The van der Waals surface area contributed by atoms with Gasteiger partial charge in [0.2, 0.25) is 0 Å². The number of ether oxygens (including phenoxy) is 2. The Kier molecular flexibility index (Phi) is 3.95. The predicted molar refractivity (Wildman–Crippen MR) is 85.8 cm³/mol. The van der Waals surface area contributed by atoms with E-state index in [1.54, 1.807) is 0 Å². The van der Waals surface area contributed by atoms with Gasteiger partial charge in [-0.15, -0.1) is 0 Å². The third-order valence-corrected chi connectivity index (χ3v) is 4.67. The fourth-order valence-corrected chi connectivity index (χ4v) is 3.28. The minimum Gasteiger partial charge on any atom is -0.486 e. The van der Waals surface area contributed by atoms with Gasteiger partial charge in [-0.25, -0.2) is 0 Å². The fourth-order valence-electron chi connectivity index (χ4n) is 3.28. The Hall–Kier alpha value is -2.01. The maximum Gasteiger partial charge on any atom is 0.161 e. The van der Waals surface area contributed by atoms with Crippen molar-refractivity contribution >= 4 is 0 Å². The summed E-state index contributed by atoms with van der Waals surface area (Å²) in [6.07, 6.45) is 4.57. The summed E-state index contributed by atoms with van der Waals surface area (Å²) < 4.78 is 16.7. The number of hydrogen-bond donors (Lipinski definition) is 1. The van der Waals surface area contributed by atoms with Crippen LogP contribution in [0.1, 0.15) is 48.4 Å². The summed E-state index contributed by atoms with van der Waals surface area (Å²) in [6, 6.07) is 6.34. The number of nitrogens with zero attached hydrogens (tertiary/aromatic N) is 1. The summed E-state index contributed by atoms with van der Waals surface area (Å²) in [4.78, 5) is 0. The van der Waals surface area contributed by atoms with Crippen molar-refractivity contribution in [3.05, 3.63) is 40.8 Å². The van der Waals surface area contributed by atoms with Crippen LogP contribution in [-0.4, -0.2) is 18.4 Å². The monoisotopic (exact) mass is 314 g/mol. The second kappa shape index (κ2) is 6.24. The van der Waals surface area contributed by atoms with Gasteiger partial charge in [-0.2, -0.15) is 0 Å². The van der Waals surface area contributed by atoms with Crippen LogP contribution in [0.15, 0.2) is 22.7 Å². The fraction of sp³-hybridized carbons (Fsp3) is 0.500. The van der Waals surface area contributed by atoms with E-state index in [1.807, 2.05) is 6.07 Å². The first-order chi connectivity index (χ1) is 11.3. The lowest BCUT2D eigenvalue weighted by Gasteiger charge is -2.21. The standard InChI is InChI=1S/C18H22N2O3/c1-12(13-6-7-17-18(10-13)22-9-8-21-17)19-11-15-14-4-2-3-5-16(14)23-20-15/h6-7,10,12,19H,2-5,8-9,11H2,1H3/t12-/m0/s1. The zero-order valence-electron chi connectivity index (χ0n) is 13.4. The molecule has 0 spiro atoms. The largest absolute Gasteiger partial charge is 0.486 e. The summed E-state index contributed by atoms with van der Waals surface area (Å²) in [7, 11) is 0. The van der Waals surface area contributed by atoms with Gasteiger partial charge in [-0.1, -0.05) is 11.2 Å². The van der Waals surface area contributed by atoms with Crippen molar-refractivity contribution in [2.24, 2.45) is 0 Å². The number of aromatic nitrogens is 1. The lowest BCUT2D eigenvalue weighted by Crippen LogP contribution is -2.20. The molecular formula is C18H22N2O3. The second-order valence-corrected chi connectivity index (χ2v) is 6.24. The number of benzene rings is 1. The van der Waals surface area contributed by atoms with Gasteiger partial charge in [0.1, 0.15) is 24.7 Å². The molecule has 1 N–H and O–H groups in total. The summed E-state index contributed by atoms with van der Waals surface area (Å²) in [5.41, 5.74) is 3.56. The Balaban J connectivity index is 1.44. The first kappa shape index (κ1) is 14.6. The lowest BCUT2D eigenvalue weighted by atomic mass is 9.96. The normalized spacial score (nSPS) is 17.6. The van der Waals surface area contributed by atoms with Crippen molar-refractivity contribution < 1.29 is 14.0 Å². The van der Waals surface area contributed by atoms with Gasteiger partial charge in [0.15, 0.2) is 11.5 Å². The third-order valence-electron chi connectivity index (χ3n) is 4.67. The molecule has 1 aromatic heterocycles. The highest BCUT2D eigenvalue weighted by molar-refractivity contribution is 5.44. The van der Waals surface area contributed by atoms with Gasteiger partial charge in [-0.05, 0) is 43.9 Å². The van der Waals surface area contributed by atoms with Crippen LogP contribution in [0.25, 0.3) is 0 Å². The summed E-state index contributed by atoms with van der Waals surface area (Å²) in [5, 5.41) is 7.79. The summed E-state index contributed by atoms with van der Waals surface area (Å²) in [6.45, 7) is 4.12. The molecule has 0 unspecified atom stereocenters. The van der Waals surface area contributed by atoms with Gasteiger partial charge >= 0.3 is 0 Å². The molecule has 0 fully saturated rings. The van der Waals surface area contributed by atoms with E-state index in [-0.39, 0.29) is 6.04 Å². The highest BCUT2D eigenvalue weighted by Crippen LogP contribution is 2.32. The van der Waals surface area contributed by atoms with Crippen molar-refractivity contribution in [1.82, 2.24) is 10.5 Å². The molecule has 1 aliphatic heterocycles. The molecular weight excluding hydrogens is 292 g/mol. The molecule has 0 saturated heterocycles. The van der Waals surface area contributed by atoms with E-state index in [9.17, 15) is 0 Å². The van der Waals surface area contributed by atoms with Crippen molar-refractivity contribution in [2.75, 3.05) is 13.2 Å². The van der Waals surface area contributed by atoms with Crippen LogP contribution in [-0.2, 0) is 19.4 Å². The van der Waals surface area contributed by atoms with Gasteiger partial charge in [-0.3, -0.25) is 0 Å². The Bertz CT molecular complexity index is 696. The predicted octanol–water partition coefficient (Wildman–Crippen LogP) is 3.18. The highest BCUT2D eigenvalue weighted by atomic mass is 16.6. The molecule has 0 saturated carbocycles. The van der Waals surface area contributed by atoms with Crippen LogP contribution in [0.4, 0.5) is 0 Å². The van der Waals surface area contributed by atoms with Crippen molar-refractivity contribution in [1.29, 1.82) is 0 Å². The number of fused-ring (bicyclic) bond motifs is 2. The van der Waals surface area contributed by atoms with Gasteiger partial charge < -0.3 is 19.3 Å². The van der Waals surface area contributed by atoms with E-state index in [2.05, 4.69) is 29.5 Å². The summed E-state index contributed by atoms with van der Waals surface area (Å²) >= 11 is 0. The second-order valence-electron chi connectivity index (χ2n) is 6.24. The minimum absolute atomic E-state index is 0.210. The zero-order chi connectivity index (χ0) is 15.6. The van der Waals surface area contributed by atoms with E-state index >= 15 is 0 Å². The minimum atomic E-state index is 0.210. The molecule has 122 valence electrons. The first-order valence-electron chi connectivity index (χ1n) is 8.40. The van der Waals surface area contributed by atoms with E-state index in [0.29, 0.717) is 13.2 Å². The van der Waals surface area contributed by atoms with Crippen LogP contribution in [0.5, 0.6) is 11.5 Å². The van der Waals surface area contributed by atoms with E-state index in [1.165, 1.54) is 24.0 Å². The van der Waals surface area contributed by atoms with Gasteiger partial charge in [0.25, 0.3) is 0 Å². The Morgan fingerprint density at radius 1 is 1.13 bits per heavy atom. The highest BCUT2D eigenvalue weighted by Gasteiger charge is 2.20. The number of hydrogen-bond acceptors (Lipinski definition) is 5. The van der Waals surface area contributed by atoms with E-state index < -0.39 is 0 Å². The van der Waals surface area contributed by atoms with Crippen molar-refractivity contribution in [3.8, 4) is 11.5 Å².